The standard InChI is InChI=1S/C30H42F3N3O7S2/c1-20-17-36(21(2)19-37)29(39)24-16-23(34-27(38)12-13-30(31,32)33)10-11-25(24)43-22(3)8-5-6-14-42-26(20)18-35(4)45(40,41)28-9-7-15-44-28/h7,9-11,15-16,20-22,26,37H,5-6,8,12-14,17-19H2,1-4H3,(H,34,38)/t20-,21+,22-,26+/m0/s1. The number of likely N-dealkylation sites (N-methyl/N-ethyl adjacent to an activating group) is 1. The van der Waals surface area contributed by atoms with Crippen LogP contribution in [0.4, 0.5) is 18.9 Å². The second kappa shape index (κ2) is 16.2. The fraction of sp³-hybridized carbons (Fsp3) is 0.600. The molecule has 1 aliphatic heterocycles. The number of aliphatic hydroxyl groups excluding tert-OH is 1. The van der Waals surface area contributed by atoms with Crippen molar-refractivity contribution in [1.29, 1.82) is 0 Å². The minimum Gasteiger partial charge on any atom is -0.490 e. The third kappa shape index (κ3) is 10.7. The predicted molar refractivity (Wildman–Crippen MR) is 165 cm³/mol. The fourth-order valence-electron chi connectivity index (χ4n) is 4.86. The van der Waals surface area contributed by atoms with Crippen molar-refractivity contribution in [3.63, 3.8) is 0 Å². The number of fused-ring (bicyclic) bond motifs is 1. The van der Waals surface area contributed by atoms with E-state index in [1.54, 1.807) is 18.4 Å². The van der Waals surface area contributed by atoms with E-state index in [1.165, 1.54) is 40.5 Å². The number of alkyl halides is 3. The lowest BCUT2D eigenvalue weighted by atomic mass is 10.0. The second-order valence-corrected chi connectivity index (χ2v) is 14.6. The van der Waals surface area contributed by atoms with Gasteiger partial charge in [-0.2, -0.15) is 17.5 Å². The molecule has 1 aromatic heterocycles. The largest absolute Gasteiger partial charge is 0.490 e. The summed E-state index contributed by atoms with van der Waals surface area (Å²) in [6.45, 7) is 5.43. The highest BCUT2D eigenvalue weighted by Gasteiger charge is 2.33. The maximum absolute atomic E-state index is 14.1. The normalized spacial score (nSPS) is 21.5. The molecule has 0 saturated carbocycles. The summed E-state index contributed by atoms with van der Waals surface area (Å²) in [6.07, 6.45) is -5.41. The summed E-state index contributed by atoms with van der Waals surface area (Å²) in [7, 11) is -2.28. The van der Waals surface area contributed by atoms with Crippen molar-refractivity contribution < 1.29 is 45.8 Å². The molecule has 0 unspecified atom stereocenters. The summed E-state index contributed by atoms with van der Waals surface area (Å²) in [5.74, 6) is -1.55. The SMILES string of the molecule is C[C@H](CO)N1C[C@H](C)[C@@H](CN(C)S(=O)(=O)c2cccs2)OCCCC[C@H](C)Oc2ccc(NC(=O)CCC(F)(F)F)cc2C1=O. The molecule has 0 fully saturated rings. The van der Waals surface area contributed by atoms with Gasteiger partial charge in [0.25, 0.3) is 15.9 Å². The Morgan fingerprint density at radius 2 is 1.98 bits per heavy atom. The molecule has 0 saturated heterocycles. The lowest BCUT2D eigenvalue weighted by Gasteiger charge is -2.35. The summed E-state index contributed by atoms with van der Waals surface area (Å²) in [5.41, 5.74) is 0.188. The molecule has 15 heteroatoms. The molecular formula is C30H42F3N3O7S2. The minimum atomic E-state index is -4.49. The number of nitrogens with one attached hydrogen (secondary N) is 1. The molecule has 2 amide bonds. The average Bonchev–Trinajstić information content (AvgIpc) is 3.53. The molecule has 3 rings (SSSR count). The third-order valence-corrected chi connectivity index (χ3v) is 10.8. The summed E-state index contributed by atoms with van der Waals surface area (Å²) in [5, 5.41) is 14.2. The van der Waals surface area contributed by atoms with Gasteiger partial charge in [0.1, 0.15) is 9.96 Å². The highest BCUT2D eigenvalue weighted by Crippen LogP contribution is 2.29. The van der Waals surface area contributed by atoms with Crippen LogP contribution in [0.1, 0.15) is 63.2 Å². The first-order valence-electron chi connectivity index (χ1n) is 14.8. The lowest BCUT2D eigenvalue weighted by Crippen LogP contribution is -2.48. The highest BCUT2D eigenvalue weighted by molar-refractivity contribution is 7.91. The minimum absolute atomic E-state index is 0.0289. The molecule has 0 bridgehead atoms. The molecule has 10 nitrogen and oxygen atoms in total. The molecule has 2 N–H and O–H groups in total. The van der Waals surface area contributed by atoms with Crippen LogP contribution in [0.2, 0.25) is 0 Å². The zero-order chi connectivity index (χ0) is 33.4. The van der Waals surface area contributed by atoms with Gasteiger partial charge in [-0.25, -0.2) is 8.42 Å². The number of nitrogens with zero attached hydrogens (tertiary/aromatic N) is 2. The molecule has 252 valence electrons. The number of amides is 2. The van der Waals surface area contributed by atoms with E-state index in [0.29, 0.717) is 19.4 Å². The Kier molecular flexibility index (Phi) is 13.2. The molecular weight excluding hydrogens is 635 g/mol. The number of thiophene rings is 1. The monoisotopic (exact) mass is 677 g/mol. The Morgan fingerprint density at radius 3 is 2.62 bits per heavy atom. The van der Waals surface area contributed by atoms with Gasteiger partial charge in [0.05, 0.1) is 36.8 Å². The number of aliphatic hydroxyl groups is 1. The van der Waals surface area contributed by atoms with Crippen LogP contribution >= 0.6 is 11.3 Å². The van der Waals surface area contributed by atoms with E-state index in [0.717, 1.165) is 17.8 Å². The van der Waals surface area contributed by atoms with E-state index in [1.807, 2.05) is 13.8 Å². The number of hydrogen-bond acceptors (Lipinski definition) is 8. The summed E-state index contributed by atoms with van der Waals surface area (Å²) < 4.78 is 78.0. The topological polar surface area (TPSA) is 125 Å². The van der Waals surface area contributed by atoms with Crippen molar-refractivity contribution in [3.05, 3.63) is 41.3 Å². The number of ether oxygens (including phenoxy) is 2. The van der Waals surface area contributed by atoms with Crippen molar-refractivity contribution in [2.45, 2.75) is 81.5 Å². The smallest absolute Gasteiger partial charge is 0.389 e. The van der Waals surface area contributed by atoms with Gasteiger partial charge >= 0.3 is 6.18 Å². The van der Waals surface area contributed by atoms with Gasteiger partial charge in [-0.05, 0) is 62.8 Å². The van der Waals surface area contributed by atoms with Gasteiger partial charge in [-0.1, -0.05) is 13.0 Å². The van der Waals surface area contributed by atoms with Crippen molar-refractivity contribution in [3.8, 4) is 5.75 Å². The van der Waals surface area contributed by atoms with Crippen molar-refractivity contribution in [2.24, 2.45) is 5.92 Å². The van der Waals surface area contributed by atoms with Gasteiger partial charge in [-0.3, -0.25) is 9.59 Å². The number of carbonyl (C=O) groups is 2. The number of anilines is 1. The first-order valence-corrected chi connectivity index (χ1v) is 17.1. The van der Waals surface area contributed by atoms with Gasteiger partial charge in [0, 0.05) is 44.8 Å². The first-order chi connectivity index (χ1) is 21.1. The van der Waals surface area contributed by atoms with E-state index < -0.39 is 53.0 Å². The summed E-state index contributed by atoms with van der Waals surface area (Å²) >= 11 is 1.11. The zero-order valence-electron chi connectivity index (χ0n) is 25.9. The van der Waals surface area contributed by atoms with E-state index in [2.05, 4.69) is 5.32 Å². The van der Waals surface area contributed by atoms with Crippen LogP contribution in [0.3, 0.4) is 0 Å². The number of halogens is 3. The molecule has 0 aliphatic carbocycles. The maximum Gasteiger partial charge on any atom is 0.389 e. The van der Waals surface area contributed by atoms with Crippen LogP contribution < -0.4 is 10.1 Å². The van der Waals surface area contributed by atoms with Crippen LogP contribution in [-0.4, -0.2) is 92.3 Å². The number of rotatable bonds is 9. The van der Waals surface area contributed by atoms with E-state index >= 15 is 0 Å². The number of sulfonamides is 1. The molecule has 0 spiro atoms. The Balaban J connectivity index is 1.94. The van der Waals surface area contributed by atoms with Gasteiger partial charge in [-0.15, -0.1) is 11.3 Å². The number of carbonyl (C=O) groups excluding carboxylic acids is 2. The molecule has 2 heterocycles. The van der Waals surface area contributed by atoms with Crippen LogP contribution in [0.25, 0.3) is 0 Å². The summed E-state index contributed by atoms with van der Waals surface area (Å²) in [4.78, 5) is 27.8. The quantitative estimate of drug-likeness (QED) is 0.377. The van der Waals surface area contributed by atoms with Crippen molar-refractivity contribution >= 4 is 38.9 Å². The Hall–Kier alpha value is -2.72. The van der Waals surface area contributed by atoms with Crippen LogP contribution in [-0.2, 0) is 19.6 Å². The van der Waals surface area contributed by atoms with Gasteiger partial charge in [0.15, 0.2) is 0 Å². The zero-order valence-corrected chi connectivity index (χ0v) is 27.5. The first kappa shape index (κ1) is 36.7. The molecule has 45 heavy (non-hydrogen) atoms. The van der Waals surface area contributed by atoms with Gasteiger partial charge in [0.2, 0.25) is 5.91 Å². The Labute approximate surface area is 266 Å². The summed E-state index contributed by atoms with van der Waals surface area (Å²) in [6, 6.07) is 6.84. The molecule has 1 aromatic carbocycles. The van der Waals surface area contributed by atoms with Crippen molar-refractivity contribution in [1.82, 2.24) is 9.21 Å². The fourth-order valence-corrected chi connectivity index (χ4v) is 7.24. The third-order valence-electron chi connectivity index (χ3n) is 7.57. The lowest BCUT2D eigenvalue weighted by molar-refractivity contribution is -0.142. The maximum atomic E-state index is 14.1. The molecule has 2 aromatic rings. The number of benzene rings is 1. The van der Waals surface area contributed by atoms with Crippen LogP contribution in [0.5, 0.6) is 5.75 Å². The van der Waals surface area contributed by atoms with E-state index in [9.17, 15) is 36.3 Å². The van der Waals surface area contributed by atoms with E-state index in [4.69, 9.17) is 9.47 Å². The molecule has 0 radical (unpaired) electrons. The Morgan fingerprint density at radius 1 is 1.24 bits per heavy atom. The average molecular weight is 678 g/mol. The van der Waals surface area contributed by atoms with Crippen LogP contribution in [0.15, 0.2) is 39.9 Å². The van der Waals surface area contributed by atoms with E-state index in [-0.39, 0.29) is 52.9 Å². The Bertz CT molecular complexity index is 1370. The predicted octanol–water partition coefficient (Wildman–Crippen LogP) is 5.15. The van der Waals surface area contributed by atoms with Crippen LogP contribution in [0, 0.1) is 5.92 Å². The second-order valence-electron chi connectivity index (χ2n) is 11.4. The van der Waals surface area contributed by atoms with Gasteiger partial charge < -0.3 is 24.8 Å². The number of hydrogen-bond donors (Lipinski definition) is 2. The molecule has 4 atom stereocenters. The molecule has 1 aliphatic rings. The highest BCUT2D eigenvalue weighted by atomic mass is 32.2. The van der Waals surface area contributed by atoms with Crippen molar-refractivity contribution in [2.75, 3.05) is 38.7 Å².